The molecule has 0 spiro atoms. The van der Waals surface area contributed by atoms with Crippen molar-refractivity contribution in [3.63, 3.8) is 0 Å². The van der Waals surface area contributed by atoms with Crippen molar-refractivity contribution < 1.29 is 4.74 Å². The zero-order valence-electron chi connectivity index (χ0n) is 7.13. The maximum absolute atomic E-state index is 5.30. The Labute approximate surface area is 68.1 Å². The first-order chi connectivity index (χ1) is 5.38. The quantitative estimate of drug-likeness (QED) is 0.587. The summed E-state index contributed by atoms with van der Waals surface area (Å²) in [5.41, 5.74) is 2.62. The van der Waals surface area contributed by atoms with E-state index in [-0.39, 0.29) is 0 Å². The summed E-state index contributed by atoms with van der Waals surface area (Å²) in [6.45, 7) is 5.59. The van der Waals surface area contributed by atoms with Crippen LogP contribution in [-0.4, -0.2) is 13.2 Å². The van der Waals surface area contributed by atoms with Gasteiger partial charge in [0.05, 0.1) is 13.2 Å². The summed E-state index contributed by atoms with van der Waals surface area (Å²) < 4.78 is 5.30. The Bertz CT molecular complexity index is 187. The predicted molar refractivity (Wildman–Crippen MR) is 47.5 cm³/mol. The summed E-state index contributed by atoms with van der Waals surface area (Å²) in [5.74, 6) is 0. The van der Waals surface area contributed by atoms with Crippen molar-refractivity contribution in [3.05, 3.63) is 35.5 Å². The van der Waals surface area contributed by atoms with E-state index in [1.54, 1.807) is 0 Å². The van der Waals surface area contributed by atoms with Crippen LogP contribution in [0.3, 0.4) is 0 Å². The Kier molecular flexibility index (Phi) is 3.12. The standard InChI is InChI=1S/C10H14O/c1-3-5-9-7-11-8-10(9)6-4-2/h3-6H,7-8H2,1-2H3/b5-3-,6-4-. The van der Waals surface area contributed by atoms with Crippen LogP contribution in [0.2, 0.25) is 0 Å². The van der Waals surface area contributed by atoms with Crippen molar-refractivity contribution in [1.29, 1.82) is 0 Å². The predicted octanol–water partition coefficient (Wildman–Crippen LogP) is 2.47. The molecule has 1 heterocycles. The lowest BCUT2D eigenvalue weighted by Crippen LogP contribution is -1.82. The fourth-order valence-corrected chi connectivity index (χ4v) is 1.17. The number of allylic oxidation sites excluding steroid dienone is 2. The highest BCUT2D eigenvalue weighted by Gasteiger charge is 2.08. The van der Waals surface area contributed by atoms with Crippen molar-refractivity contribution in [3.8, 4) is 0 Å². The van der Waals surface area contributed by atoms with Crippen LogP contribution in [0.4, 0.5) is 0 Å². The highest BCUT2D eigenvalue weighted by molar-refractivity contribution is 5.36. The van der Waals surface area contributed by atoms with Gasteiger partial charge in [-0.05, 0) is 25.0 Å². The van der Waals surface area contributed by atoms with Gasteiger partial charge in [-0.25, -0.2) is 0 Å². The maximum Gasteiger partial charge on any atom is 0.0724 e. The second-order valence-electron chi connectivity index (χ2n) is 2.54. The SMILES string of the molecule is C/C=C\C1=C(/C=C\C)COC1. The summed E-state index contributed by atoms with van der Waals surface area (Å²) in [6, 6.07) is 0. The third-order valence-electron chi connectivity index (χ3n) is 1.66. The smallest absolute Gasteiger partial charge is 0.0724 e. The summed E-state index contributed by atoms with van der Waals surface area (Å²) in [6.07, 6.45) is 8.33. The first-order valence-corrected chi connectivity index (χ1v) is 3.93. The highest BCUT2D eigenvalue weighted by Crippen LogP contribution is 2.16. The number of hydrogen-bond donors (Lipinski definition) is 0. The third kappa shape index (κ3) is 2.05. The largest absolute Gasteiger partial charge is 0.372 e. The molecule has 60 valence electrons. The van der Waals surface area contributed by atoms with Gasteiger partial charge < -0.3 is 4.74 Å². The Morgan fingerprint density at radius 2 is 1.45 bits per heavy atom. The molecule has 0 saturated heterocycles. The minimum Gasteiger partial charge on any atom is -0.372 e. The molecular formula is C10H14O. The van der Waals surface area contributed by atoms with Crippen molar-refractivity contribution in [1.82, 2.24) is 0 Å². The summed E-state index contributed by atoms with van der Waals surface area (Å²) in [7, 11) is 0. The minimum atomic E-state index is 0.768. The van der Waals surface area contributed by atoms with Gasteiger partial charge in [0.25, 0.3) is 0 Å². The van der Waals surface area contributed by atoms with Gasteiger partial charge in [0.2, 0.25) is 0 Å². The van der Waals surface area contributed by atoms with Crippen molar-refractivity contribution in [2.75, 3.05) is 13.2 Å². The Balaban J connectivity index is 2.77. The van der Waals surface area contributed by atoms with E-state index < -0.39 is 0 Å². The normalized spacial score (nSPS) is 19.5. The molecule has 0 unspecified atom stereocenters. The van der Waals surface area contributed by atoms with E-state index in [1.165, 1.54) is 11.1 Å². The molecule has 0 fully saturated rings. The zero-order valence-corrected chi connectivity index (χ0v) is 7.13. The zero-order chi connectivity index (χ0) is 8.10. The molecule has 11 heavy (non-hydrogen) atoms. The lowest BCUT2D eigenvalue weighted by atomic mass is 10.1. The van der Waals surface area contributed by atoms with Gasteiger partial charge in [0.1, 0.15) is 0 Å². The third-order valence-corrected chi connectivity index (χ3v) is 1.66. The van der Waals surface area contributed by atoms with Gasteiger partial charge >= 0.3 is 0 Å². The van der Waals surface area contributed by atoms with Gasteiger partial charge in [-0.15, -0.1) is 0 Å². The lowest BCUT2D eigenvalue weighted by Gasteiger charge is -1.91. The molecule has 0 amide bonds. The van der Waals surface area contributed by atoms with Crippen LogP contribution in [0.15, 0.2) is 35.5 Å². The molecule has 0 aromatic rings. The number of hydrogen-bond acceptors (Lipinski definition) is 1. The van der Waals surface area contributed by atoms with Crippen LogP contribution in [0.1, 0.15) is 13.8 Å². The fourth-order valence-electron chi connectivity index (χ4n) is 1.17. The summed E-state index contributed by atoms with van der Waals surface area (Å²) in [4.78, 5) is 0. The van der Waals surface area contributed by atoms with Crippen LogP contribution in [-0.2, 0) is 4.74 Å². The molecule has 0 aromatic carbocycles. The topological polar surface area (TPSA) is 9.23 Å². The first kappa shape index (κ1) is 8.28. The second kappa shape index (κ2) is 4.14. The van der Waals surface area contributed by atoms with Crippen molar-refractivity contribution >= 4 is 0 Å². The van der Waals surface area contributed by atoms with Crippen molar-refractivity contribution in [2.24, 2.45) is 0 Å². The molecule has 0 aliphatic carbocycles. The van der Waals surface area contributed by atoms with E-state index in [0.29, 0.717) is 0 Å². The van der Waals surface area contributed by atoms with E-state index >= 15 is 0 Å². The van der Waals surface area contributed by atoms with Crippen LogP contribution < -0.4 is 0 Å². The van der Waals surface area contributed by atoms with Gasteiger partial charge in [0.15, 0.2) is 0 Å². The maximum atomic E-state index is 5.30. The second-order valence-corrected chi connectivity index (χ2v) is 2.54. The van der Waals surface area contributed by atoms with Gasteiger partial charge in [-0.1, -0.05) is 24.3 Å². The van der Waals surface area contributed by atoms with Crippen LogP contribution >= 0.6 is 0 Å². The number of ether oxygens (including phenoxy) is 1. The van der Waals surface area contributed by atoms with Crippen LogP contribution in [0.5, 0.6) is 0 Å². The molecule has 1 aliphatic heterocycles. The van der Waals surface area contributed by atoms with Gasteiger partial charge in [-0.2, -0.15) is 0 Å². The van der Waals surface area contributed by atoms with E-state index in [9.17, 15) is 0 Å². The van der Waals surface area contributed by atoms with Crippen LogP contribution in [0.25, 0.3) is 0 Å². The molecule has 0 N–H and O–H groups in total. The highest BCUT2D eigenvalue weighted by atomic mass is 16.5. The monoisotopic (exact) mass is 150 g/mol. The number of rotatable bonds is 2. The molecule has 1 aliphatic rings. The molecule has 0 atom stereocenters. The van der Waals surface area contributed by atoms with E-state index in [1.807, 2.05) is 26.0 Å². The average molecular weight is 150 g/mol. The Morgan fingerprint density at radius 1 is 1.00 bits per heavy atom. The molecule has 0 saturated carbocycles. The molecule has 0 aromatic heterocycles. The minimum absolute atomic E-state index is 0.768. The van der Waals surface area contributed by atoms with E-state index in [4.69, 9.17) is 4.74 Å². The Hall–Kier alpha value is -0.820. The van der Waals surface area contributed by atoms with E-state index in [0.717, 1.165) is 13.2 Å². The molecule has 1 rings (SSSR count). The average Bonchev–Trinajstić information content (AvgIpc) is 2.39. The molecule has 0 radical (unpaired) electrons. The molecular weight excluding hydrogens is 136 g/mol. The lowest BCUT2D eigenvalue weighted by molar-refractivity contribution is 0.207. The summed E-state index contributed by atoms with van der Waals surface area (Å²) >= 11 is 0. The fraction of sp³-hybridized carbons (Fsp3) is 0.400. The van der Waals surface area contributed by atoms with Gasteiger partial charge in [0, 0.05) is 0 Å². The van der Waals surface area contributed by atoms with Gasteiger partial charge in [-0.3, -0.25) is 0 Å². The van der Waals surface area contributed by atoms with Crippen molar-refractivity contribution in [2.45, 2.75) is 13.8 Å². The van der Waals surface area contributed by atoms with Crippen LogP contribution in [0, 0.1) is 0 Å². The molecule has 0 bridgehead atoms. The first-order valence-electron chi connectivity index (χ1n) is 3.93. The summed E-state index contributed by atoms with van der Waals surface area (Å²) in [5, 5.41) is 0. The Morgan fingerprint density at radius 3 is 1.82 bits per heavy atom. The molecule has 1 nitrogen and oxygen atoms in total. The molecule has 1 heteroatoms. The van der Waals surface area contributed by atoms with E-state index in [2.05, 4.69) is 12.2 Å².